The maximum Gasteiger partial charge on any atom is 0.427 e. The zero-order chi connectivity index (χ0) is 13.9. The van der Waals surface area contributed by atoms with Crippen molar-refractivity contribution in [2.24, 2.45) is 17.8 Å². The van der Waals surface area contributed by atoms with Crippen LogP contribution in [0.1, 0.15) is 19.3 Å². The molecule has 2 aliphatic rings. The molecule has 0 unspecified atom stereocenters. The van der Waals surface area contributed by atoms with E-state index in [2.05, 4.69) is 0 Å². The number of carbonyl (C=O) groups is 1. The topological polar surface area (TPSA) is 37.3 Å². The Hall–Kier alpha value is -0.790. The second kappa shape index (κ2) is 3.61. The Morgan fingerprint density at radius 2 is 1.50 bits per heavy atom. The number of hydrogen-bond acceptors (Lipinski definition) is 2. The average molecular weight is 276 g/mol. The Morgan fingerprint density at radius 1 is 1.00 bits per heavy atom. The fourth-order valence-corrected chi connectivity index (χ4v) is 3.12. The number of halogens is 6. The van der Waals surface area contributed by atoms with Gasteiger partial charge in [0.25, 0.3) is 5.60 Å². The summed E-state index contributed by atoms with van der Waals surface area (Å²) in [6.45, 7) is 0. The lowest BCUT2D eigenvalue weighted by Crippen LogP contribution is -2.64. The van der Waals surface area contributed by atoms with Crippen LogP contribution in [0.5, 0.6) is 0 Å². The summed E-state index contributed by atoms with van der Waals surface area (Å²) in [5.41, 5.74) is -4.92. The fourth-order valence-electron chi connectivity index (χ4n) is 3.12. The number of rotatable bonds is 1. The number of ketones is 1. The Labute approximate surface area is 98.0 Å². The molecule has 0 aliphatic heterocycles. The lowest BCUT2D eigenvalue weighted by atomic mass is 9.74. The van der Waals surface area contributed by atoms with Crippen LogP contribution >= 0.6 is 0 Å². The summed E-state index contributed by atoms with van der Waals surface area (Å²) in [6.07, 6.45) is -11.4. The van der Waals surface area contributed by atoms with Gasteiger partial charge in [0.15, 0.2) is 0 Å². The zero-order valence-corrected chi connectivity index (χ0v) is 8.98. The maximum absolute atomic E-state index is 12.6. The largest absolute Gasteiger partial charge is 0.427 e. The van der Waals surface area contributed by atoms with Gasteiger partial charge in [0, 0.05) is 5.92 Å². The molecule has 2 nitrogen and oxygen atoms in total. The zero-order valence-electron chi connectivity index (χ0n) is 8.98. The molecule has 0 radical (unpaired) electrons. The molecular formula is C10H10F6O2. The number of hydrogen-bond donors (Lipinski definition) is 1. The van der Waals surface area contributed by atoms with E-state index in [0.717, 1.165) is 0 Å². The van der Waals surface area contributed by atoms with Gasteiger partial charge in [0.1, 0.15) is 5.78 Å². The lowest BCUT2D eigenvalue weighted by Gasteiger charge is -2.39. The Balaban J connectivity index is 2.47. The lowest BCUT2D eigenvalue weighted by molar-refractivity contribution is -0.383. The smallest absolute Gasteiger partial charge is 0.373 e. The van der Waals surface area contributed by atoms with E-state index in [1.54, 1.807) is 0 Å². The molecule has 1 N–H and O–H groups in total. The molecule has 8 heteroatoms. The number of alkyl halides is 6. The van der Waals surface area contributed by atoms with Gasteiger partial charge in [-0.3, -0.25) is 4.79 Å². The maximum atomic E-state index is 12.6. The minimum Gasteiger partial charge on any atom is -0.373 e. The van der Waals surface area contributed by atoms with Gasteiger partial charge in [0.05, 0.1) is 5.92 Å². The predicted octanol–water partition coefficient (Wildman–Crippen LogP) is 2.46. The summed E-state index contributed by atoms with van der Waals surface area (Å²) >= 11 is 0. The van der Waals surface area contributed by atoms with Crippen LogP contribution in [0.15, 0.2) is 0 Å². The Bertz CT molecular complexity index is 358. The number of carbonyl (C=O) groups excluding carboxylic acids is 1. The van der Waals surface area contributed by atoms with Gasteiger partial charge in [-0.1, -0.05) is 0 Å². The van der Waals surface area contributed by atoms with E-state index in [-0.39, 0.29) is 12.8 Å². The molecule has 2 saturated carbocycles. The van der Waals surface area contributed by atoms with E-state index in [1.165, 1.54) is 0 Å². The third-order valence-electron chi connectivity index (χ3n) is 3.97. The highest BCUT2D eigenvalue weighted by atomic mass is 19.4. The molecule has 18 heavy (non-hydrogen) atoms. The number of fused-ring (bicyclic) bond motifs is 2. The van der Waals surface area contributed by atoms with Gasteiger partial charge in [-0.25, -0.2) is 0 Å². The molecule has 104 valence electrons. The summed E-state index contributed by atoms with van der Waals surface area (Å²) in [5, 5.41) is 9.21. The van der Waals surface area contributed by atoms with Crippen LogP contribution in [0.2, 0.25) is 0 Å². The first kappa shape index (κ1) is 13.6. The van der Waals surface area contributed by atoms with Crippen LogP contribution in [0.25, 0.3) is 0 Å². The summed E-state index contributed by atoms with van der Waals surface area (Å²) in [5.74, 6) is -5.31. The Kier molecular flexibility index (Phi) is 2.74. The molecule has 0 aromatic carbocycles. The van der Waals surface area contributed by atoms with Crippen molar-refractivity contribution < 1.29 is 36.2 Å². The van der Waals surface area contributed by atoms with Crippen molar-refractivity contribution in [2.75, 3.05) is 0 Å². The van der Waals surface area contributed by atoms with Gasteiger partial charge in [-0.15, -0.1) is 0 Å². The fraction of sp³-hybridized carbons (Fsp3) is 0.900. The molecule has 0 heterocycles. The van der Waals surface area contributed by atoms with Gasteiger partial charge in [0.2, 0.25) is 0 Å². The molecule has 0 aromatic heterocycles. The van der Waals surface area contributed by atoms with Crippen molar-refractivity contribution >= 4 is 5.78 Å². The van der Waals surface area contributed by atoms with Crippen LogP contribution < -0.4 is 0 Å². The average Bonchev–Trinajstić information content (AvgIpc) is 2.73. The first-order valence-electron chi connectivity index (χ1n) is 5.39. The minimum atomic E-state index is -5.91. The van der Waals surface area contributed by atoms with Crippen LogP contribution in [0, 0.1) is 17.8 Å². The van der Waals surface area contributed by atoms with Crippen molar-refractivity contribution in [2.45, 2.75) is 37.2 Å². The highest BCUT2D eigenvalue weighted by molar-refractivity contribution is 5.88. The predicted molar refractivity (Wildman–Crippen MR) is 46.4 cm³/mol. The summed E-state index contributed by atoms with van der Waals surface area (Å²) in [4.78, 5) is 11.5. The molecule has 2 bridgehead atoms. The van der Waals surface area contributed by atoms with Gasteiger partial charge >= 0.3 is 12.4 Å². The van der Waals surface area contributed by atoms with Gasteiger partial charge < -0.3 is 5.11 Å². The molecule has 2 fully saturated rings. The Morgan fingerprint density at radius 3 is 1.83 bits per heavy atom. The van der Waals surface area contributed by atoms with E-state index in [1.807, 2.05) is 0 Å². The standard InChI is InChI=1S/C10H10F6O2/c11-9(12,13)8(18,10(14,15)16)6-4-1-2-5(3-4)7(6)17/h4-6,18H,1-3H2/t4-,5+,6+/m1/s1. The summed E-state index contributed by atoms with van der Waals surface area (Å²) in [7, 11) is 0. The van der Waals surface area contributed by atoms with Crippen LogP contribution in [-0.4, -0.2) is 28.8 Å². The van der Waals surface area contributed by atoms with E-state index < -0.39 is 41.5 Å². The van der Waals surface area contributed by atoms with E-state index >= 15 is 0 Å². The minimum absolute atomic E-state index is 0.0119. The van der Waals surface area contributed by atoms with Crippen LogP contribution in [0.3, 0.4) is 0 Å². The molecule has 2 aliphatic carbocycles. The second-order valence-corrected chi connectivity index (χ2v) is 4.91. The third kappa shape index (κ3) is 1.57. The molecule has 0 aromatic rings. The highest BCUT2D eigenvalue weighted by Crippen LogP contribution is 2.58. The van der Waals surface area contributed by atoms with Crippen LogP contribution in [0.4, 0.5) is 26.3 Å². The van der Waals surface area contributed by atoms with E-state index in [9.17, 15) is 36.2 Å². The third-order valence-corrected chi connectivity index (χ3v) is 3.97. The molecule has 2 rings (SSSR count). The van der Waals surface area contributed by atoms with Gasteiger partial charge in [-0.05, 0) is 25.2 Å². The number of Topliss-reactive ketones (excluding diaryl/α,β-unsaturated/α-hetero) is 1. The van der Waals surface area contributed by atoms with Crippen molar-refractivity contribution in [3.63, 3.8) is 0 Å². The summed E-state index contributed by atoms with van der Waals surface area (Å²) in [6, 6.07) is 0. The molecule has 0 spiro atoms. The quantitative estimate of drug-likeness (QED) is 0.747. The second-order valence-electron chi connectivity index (χ2n) is 4.91. The normalized spacial score (nSPS) is 33.3. The monoisotopic (exact) mass is 276 g/mol. The SMILES string of the molecule is O=C1[C@H]2CC[C@H](C2)[C@@H]1C(O)(C(F)(F)F)C(F)(F)F. The van der Waals surface area contributed by atoms with Gasteiger partial charge in [-0.2, -0.15) is 26.3 Å². The first-order chi connectivity index (χ1) is 8.00. The molecule has 0 amide bonds. The molecule has 3 atom stereocenters. The van der Waals surface area contributed by atoms with Crippen molar-refractivity contribution in [3.05, 3.63) is 0 Å². The first-order valence-corrected chi connectivity index (χ1v) is 5.39. The molecule has 0 saturated heterocycles. The van der Waals surface area contributed by atoms with E-state index in [0.29, 0.717) is 6.42 Å². The summed E-state index contributed by atoms with van der Waals surface area (Å²) < 4.78 is 75.8. The highest BCUT2D eigenvalue weighted by Gasteiger charge is 2.78. The van der Waals surface area contributed by atoms with Crippen molar-refractivity contribution in [1.82, 2.24) is 0 Å². The molecular weight excluding hydrogens is 266 g/mol. The number of aliphatic hydroxyl groups is 1. The van der Waals surface area contributed by atoms with Crippen molar-refractivity contribution in [3.8, 4) is 0 Å². The van der Waals surface area contributed by atoms with E-state index in [4.69, 9.17) is 0 Å². The van der Waals surface area contributed by atoms with Crippen molar-refractivity contribution in [1.29, 1.82) is 0 Å². The van der Waals surface area contributed by atoms with Crippen LogP contribution in [-0.2, 0) is 4.79 Å².